The molecule has 0 atom stereocenters. The number of nitrogens with one attached hydrogen (secondary N) is 1. The quantitative estimate of drug-likeness (QED) is 0.827. The van der Waals surface area contributed by atoms with Gasteiger partial charge in [-0.2, -0.15) is 5.26 Å². The summed E-state index contributed by atoms with van der Waals surface area (Å²) < 4.78 is 0.578. The number of nitriles is 1. The maximum absolute atomic E-state index is 10.5. The van der Waals surface area contributed by atoms with E-state index >= 15 is 0 Å². The van der Waals surface area contributed by atoms with Crippen LogP contribution in [0.5, 0.6) is 0 Å². The van der Waals surface area contributed by atoms with Gasteiger partial charge in [-0.15, -0.1) is 0 Å². The predicted molar refractivity (Wildman–Crippen MR) is 54.3 cm³/mol. The van der Waals surface area contributed by atoms with Crippen LogP contribution in [0.3, 0.4) is 0 Å². The number of hydrogen-bond acceptors (Lipinski definition) is 4. The lowest BCUT2D eigenvalue weighted by molar-refractivity contribution is -0.116. The molecule has 0 bridgehead atoms. The lowest BCUT2D eigenvalue weighted by atomic mass is 10.3. The number of amides is 1. The van der Waals surface area contributed by atoms with Crippen LogP contribution in [0.15, 0.2) is 16.7 Å². The molecule has 72 valence electrons. The van der Waals surface area contributed by atoms with Crippen molar-refractivity contribution in [1.29, 1.82) is 5.26 Å². The minimum Gasteiger partial charge on any atom is -0.375 e. The van der Waals surface area contributed by atoms with Crippen LogP contribution in [-0.4, -0.2) is 17.4 Å². The third-order valence-corrected chi connectivity index (χ3v) is 2.02. The van der Waals surface area contributed by atoms with Gasteiger partial charge in [-0.25, -0.2) is 4.98 Å². The summed E-state index contributed by atoms with van der Waals surface area (Å²) in [5, 5.41) is 11.4. The van der Waals surface area contributed by atoms with E-state index in [1.54, 1.807) is 6.07 Å². The maximum Gasteiger partial charge on any atom is 0.236 e. The van der Waals surface area contributed by atoms with E-state index in [4.69, 9.17) is 11.0 Å². The summed E-state index contributed by atoms with van der Waals surface area (Å²) in [6.07, 6.45) is 1.46. The van der Waals surface area contributed by atoms with E-state index in [2.05, 4.69) is 26.2 Å². The Kier molecular flexibility index (Phi) is 3.42. The second kappa shape index (κ2) is 4.58. The SMILES string of the molecule is N#Cc1ncc(NCC(N)=O)cc1Br. The molecular formula is C8H7BrN4O. The van der Waals surface area contributed by atoms with E-state index in [1.165, 1.54) is 6.20 Å². The van der Waals surface area contributed by atoms with E-state index in [9.17, 15) is 4.79 Å². The van der Waals surface area contributed by atoms with Gasteiger partial charge in [0.1, 0.15) is 6.07 Å². The van der Waals surface area contributed by atoms with Crippen molar-refractivity contribution in [3.63, 3.8) is 0 Å². The first-order valence-electron chi connectivity index (χ1n) is 3.71. The van der Waals surface area contributed by atoms with E-state index in [0.717, 1.165) is 0 Å². The molecule has 5 nitrogen and oxygen atoms in total. The van der Waals surface area contributed by atoms with E-state index in [0.29, 0.717) is 15.9 Å². The Morgan fingerprint density at radius 2 is 2.50 bits per heavy atom. The van der Waals surface area contributed by atoms with Crippen LogP contribution in [0, 0.1) is 11.3 Å². The van der Waals surface area contributed by atoms with Gasteiger partial charge < -0.3 is 11.1 Å². The first-order chi connectivity index (χ1) is 6.63. The highest BCUT2D eigenvalue weighted by Gasteiger charge is 2.02. The molecule has 0 aliphatic carbocycles. The second-order valence-electron chi connectivity index (χ2n) is 2.49. The topological polar surface area (TPSA) is 91.8 Å². The fourth-order valence-corrected chi connectivity index (χ4v) is 1.24. The molecule has 0 saturated carbocycles. The Balaban J connectivity index is 2.77. The second-order valence-corrected chi connectivity index (χ2v) is 3.34. The van der Waals surface area contributed by atoms with Gasteiger partial charge in [0.2, 0.25) is 5.91 Å². The molecule has 1 aromatic rings. The zero-order chi connectivity index (χ0) is 10.6. The average Bonchev–Trinajstić information content (AvgIpc) is 2.15. The van der Waals surface area contributed by atoms with Gasteiger partial charge in [-0.05, 0) is 22.0 Å². The zero-order valence-electron chi connectivity index (χ0n) is 7.12. The highest BCUT2D eigenvalue weighted by atomic mass is 79.9. The molecule has 0 unspecified atom stereocenters. The van der Waals surface area contributed by atoms with E-state index in [1.807, 2.05) is 6.07 Å². The van der Waals surface area contributed by atoms with Crippen molar-refractivity contribution < 1.29 is 4.79 Å². The third-order valence-electron chi connectivity index (χ3n) is 1.41. The fraction of sp³-hybridized carbons (Fsp3) is 0.125. The largest absolute Gasteiger partial charge is 0.375 e. The number of halogens is 1. The Morgan fingerprint density at radius 1 is 1.79 bits per heavy atom. The summed E-state index contributed by atoms with van der Waals surface area (Å²) in [7, 11) is 0. The van der Waals surface area contributed by atoms with Crippen LogP contribution in [0.2, 0.25) is 0 Å². The lowest BCUT2D eigenvalue weighted by Crippen LogP contribution is -2.21. The Hall–Kier alpha value is -1.61. The minimum atomic E-state index is -0.453. The number of carbonyl (C=O) groups excluding carboxylic acids is 1. The number of aromatic nitrogens is 1. The molecule has 3 N–H and O–H groups in total. The number of nitrogens with two attached hydrogens (primary N) is 1. The molecule has 6 heteroatoms. The number of nitrogens with zero attached hydrogens (tertiary/aromatic N) is 2. The normalized spacial score (nSPS) is 9.14. The minimum absolute atomic E-state index is 0.0417. The fourth-order valence-electron chi connectivity index (χ4n) is 0.806. The monoisotopic (exact) mass is 254 g/mol. The molecule has 0 radical (unpaired) electrons. The Bertz CT molecular complexity index is 399. The van der Waals surface area contributed by atoms with Crippen molar-refractivity contribution in [3.05, 3.63) is 22.4 Å². The van der Waals surface area contributed by atoms with Gasteiger partial charge in [-0.3, -0.25) is 4.79 Å². The van der Waals surface area contributed by atoms with Gasteiger partial charge in [-0.1, -0.05) is 0 Å². The summed E-state index contributed by atoms with van der Waals surface area (Å²) in [6, 6.07) is 3.57. The first kappa shape index (κ1) is 10.5. The number of anilines is 1. The number of primary amides is 1. The van der Waals surface area contributed by atoms with Crippen LogP contribution < -0.4 is 11.1 Å². The van der Waals surface area contributed by atoms with Gasteiger partial charge in [0.15, 0.2) is 5.69 Å². The average molecular weight is 255 g/mol. The van der Waals surface area contributed by atoms with Crippen molar-refractivity contribution in [2.24, 2.45) is 5.73 Å². The molecule has 0 saturated heterocycles. The molecule has 1 aromatic heterocycles. The van der Waals surface area contributed by atoms with E-state index < -0.39 is 5.91 Å². The van der Waals surface area contributed by atoms with Crippen molar-refractivity contribution >= 4 is 27.5 Å². The van der Waals surface area contributed by atoms with Crippen molar-refractivity contribution in [3.8, 4) is 6.07 Å². The van der Waals surface area contributed by atoms with Crippen molar-refractivity contribution in [1.82, 2.24) is 4.98 Å². The maximum atomic E-state index is 10.5. The molecule has 1 amide bonds. The molecule has 14 heavy (non-hydrogen) atoms. The molecule has 0 aliphatic heterocycles. The summed E-state index contributed by atoms with van der Waals surface area (Å²) in [4.78, 5) is 14.3. The number of pyridine rings is 1. The Labute approximate surface area is 89.1 Å². The zero-order valence-corrected chi connectivity index (χ0v) is 8.71. The molecule has 1 heterocycles. The summed E-state index contributed by atoms with van der Waals surface area (Å²) in [5.41, 5.74) is 5.88. The molecule has 1 rings (SSSR count). The molecule has 0 spiro atoms. The van der Waals surface area contributed by atoms with Crippen LogP contribution in [0.1, 0.15) is 5.69 Å². The predicted octanol–water partition coefficient (Wildman–Crippen LogP) is 0.613. The first-order valence-corrected chi connectivity index (χ1v) is 4.50. The Morgan fingerprint density at radius 3 is 3.00 bits per heavy atom. The molecule has 0 aliphatic rings. The highest BCUT2D eigenvalue weighted by Crippen LogP contribution is 2.17. The van der Waals surface area contributed by atoms with Crippen LogP contribution in [0.4, 0.5) is 5.69 Å². The smallest absolute Gasteiger partial charge is 0.236 e. The summed E-state index contributed by atoms with van der Waals surface area (Å²) in [6.45, 7) is 0.0417. The third kappa shape index (κ3) is 2.71. The van der Waals surface area contributed by atoms with Crippen LogP contribution in [-0.2, 0) is 4.79 Å². The molecule has 0 aromatic carbocycles. The number of rotatable bonds is 3. The number of carbonyl (C=O) groups is 1. The van der Waals surface area contributed by atoms with Crippen molar-refractivity contribution in [2.75, 3.05) is 11.9 Å². The van der Waals surface area contributed by atoms with E-state index in [-0.39, 0.29) is 6.54 Å². The summed E-state index contributed by atoms with van der Waals surface area (Å²) >= 11 is 3.17. The van der Waals surface area contributed by atoms with Gasteiger partial charge in [0.25, 0.3) is 0 Å². The van der Waals surface area contributed by atoms with Crippen LogP contribution >= 0.6 is 15.9 Å². The number of hydrogen-bond donors (Lipinski definition) is 2. The van der Waals surface area contributed by atoms with Gasteiger partial charge in [0.05, 0.1) is 22.9 Å². The highest BCUT2D eigenvalue weighted by molar-refractivity contribution is 9.10. The van der Waals surface area contributed by atoms with Gasteiger partial charge in [0, 0.05) is 0 Å². The molecular weight excluding hydrogens is 248 g/mol. The van der Waals surface area contributed by atoms with Gasteiger partial charge >= 0.3 is 0 Å². The van der Waals surface area contributed by atoms with Crippen LogP contribution in [0.25, 0.3) is 0 Å². The lowest BCUT2D eigenvalue weighted by Gasteiger charge is -2.03. The standard InChI is InChI=1S/C8H7BrN4O/c9-6-1-5(12-4-8(11)14)3-13-7(6)2-10/h1,3,12H,4H2,(H2,11,14). The van der Waals surface area contributed by atoms with Crippen molar-refractivity contribution in [2.45, 2.75) is 0 Å². The summed E-state index contributed by atoms with van der Waals surface area (Å²) in [5.74, 6) is -0.453. The molecule has 0 fully saturated rings.